The van der Waals surface area contributed by atoms with Gasteiger partial charge in [-0.1, -0.05) is 0 Å². The lowest BCUT2D eigenvalue weighted by Crippen LogP contribution is -2.09. The van der Waals surface area contributed by atoms with Crippen LogP contribution in [0.5, 0.6) is 0 Å². The van der Waals surface area contributed by atoms with Crippen molar-refractivity contribution in [3.8, 4) is 6.07 Å². The minimum absolute atomic E-state index is 0.0723. The molecule has 0 atom stereocenters. The third kappa shape index (κ3) is 2.26. The van der Waals surface area contributed by atoms with Crippen molar-refractivity contribution in [3.05, 3.63) is 11.6 Å². The molecule has 0 saturated heterocycles. The fraction of sp³-hybridized carbons (Fsp3) is 0.444. The van der Waals surface area contributed by atoms with Crippen molar-refractivity contribution >= 4 is 11.9 Å². The molecule has 1 aromatic heterocycles. The molecule has 0 unspecified atom stereocenters. The average Bonchev–Trinajstić information content (AvgIpc) is 2.61. The summed E-state index contributed by atoms with van der Waals surface area (Å²) in [6, 6.07) is 1.84. The van der Waals surface area contributed by atoms with Gasteiger partial charge in [0.2, 0.25) is 11.6 Å². The molecule has 1 aromatic rings. The van der Waals surface area contributed by atoms with Gasteiger partial charge in [0.05, 0.1) is 6.61 Å². The molecule has 1 heterocycles. The van der Waals surface area contributed by atoms with Gasteiger partial charge in [0.1, 0.15) is 6.07 Å². The fourth-order valence-corrected chi connectivity index (χ4v) is 0.968. The number of carbonyl (C=O) groups excluding carboxylic acids is 1. The van der Waals surface area contributed by atoms with Crippen LogP contribution >= 0.6 is 0 Å². The Bertz CT molecular complexity index is 403. The Hall–Kier alpha value is -2.03. The van der Waals surface area contributed by atoms with Crippen molar-refractivity contribution in [2.24, 2.45) is 0 Å². The molecule has 0 aliphatic carbocycles. The summed E-state index contributed by atoms with van der Waals surface area (Å²) in [5, 5.41) is 8.74. The van der Waals surface area contributed by atoms with Crippen molar-refractivity contribution in [2.45, 2.75) is 6.92 Å². The number of rotatable bonds is 3. The van der Waals surface area contributed by atoms with Crippen LogP contribution in [0.4, 0.5) is 5.88 Å². The van der Waals surface area contributed by atoms with Gasteiger partial charge in [-0.15, -0.1) is 0 Å². The second-order valence-electron chi connectivity index (χ2n) is 2.90. The molecule has 1 rings (SSSR count). The number of esters is 1. The smallest absolute Gasteiger partial charge is 0.394 e. The summed E-state index contributed by atoms with van der Waals surface area (Å²) < 4.78 is 9.80. The molecule has 0 amide bonds. The predicted molar refractivity (Wildman–Crippen MR) is 51.5 cm³/mol. The van der Waals surface area contributed by atoms with E-state index in [1.165, 1.54) is 0 Å². The van der Waals surface area contributed by atoms with E-state index < -0.39 is 5.97 Å². The first-order valence-electron chi connectivity index (χ1n) is 4.35. The lowest BCUT2D eigenvalue weighted by Gasteiger charge is -2.05. The molecule has 0 aromatic carbocycles. The zero-order chi connectivity index (χ0) is 11.4. The topological polar surface area (TPSA) is 79.4 Å². The first-order valence-corrected chi connectivity index (χ1v) is 4.35. The van der Waals surface area contributed by atoms with Crippen LogP contribution in [0.2, 0.25) is 0 Å². The molecule has 0 saturated carbocycles. The van der Waals surface area contributed by atoms with Crippen molar-refractivity contribution < 1.29 is 13.9 Å². The maximum atomic E-state index is 11.2. The van der Waals surface area contributed by atoms with E-state index in [4.69, 9.17) is 14.4 Å². The molecule has 0 fully saturated rings. The van der Waals surface area contributed by atoms with Crippen LogP contribution in [0.25, 0.3) is 0 Å². The van der Waals surface area contributed by atoms with Gasteiger partial charge in [-0.3, -0.25) is 0 Å². The molecule has 0 N–H and O–H groups in total. The van der Waals surface area contributed by atoms with E-state index in [9.17, 15) is 4.79 Å². The molecule has 6 nitrogen and oxygen atoms in total. The number of carbonyl (C=O) groups is 1. The highest BCUT2D eigenvalue weighted by Gasteiger charge is 2.20. The standard InChI is InChI=1S/C9H11N3O3/c1-4-14-9(13)7-11-6(5-10)8(15-7)12(2)3/h4H2,1-3H3. The number of ether oxygens (including phenoxy) is 1. The first kappa shape index (κ1) is 11.0. The third-order valence-corrected chi connectivity index (χ3v) is 1.57. The Morgan fingerprint density at radius 1 is 1.67 bits per heavy atom. The van der Waals surface area contributed by atoms with E-state index in [2.05, 4.69) is 4.98 Å². The highest BCUT2D eigenvalue weighted by Crippen LogP contribution is 2.19. The second kappa shape index (κ2) is 4.46. The summed E-state index contributed by atoms with van der Waals surface area (Å²) in [6.45, 7) is 1.92. The van der Waals surface area contributed by atoms with Crippen molar-refractivity contribution in [1.29, 1.82) is 5.26 Å². The van der Waals surface area contributed by atoms with E-state index in [1.807, 2.05) is 6.07 Å². The Morgan fingerprint density at radius 2 is 2.33 bits per heavy atom. The van der Waals surface area contributed by atoms with Gasteiger partial charge in [-0.05, 0) is 6.92 Å². The van der Waals surface area contributed by atoms with Crippen molar-refractivity contribution in [2.75, 3.05) is 25.6 Å². The van der Waals surface area contributed by atoms with Crippen LogP contribution in [0.3, 0.4) is 0 Å². The quantitative estimate of drug-likeness (QED) is 0.684. The zero-order valence-electron chi connectivity index (χ0n) is 8.77. The maximum absolute atomic E-state index is 11.2. The van der Waals surface area contributed by atoms with Gasteiger partial charge in [0.25, 0.3) is 0 Å². The average molecular weight is 209 g/mol. The van der Waals surface area contributed by atoms with Crippen LogP contribution in [0.15, 0.2) is 4.42 Å². The number of anilines is 1. The number of nitrogens with zero attached hydrogens (tertiary/aromatic N) is 3. The van der Waals surface area contributed by atoms with Gasteiger partial charge in [0.15, 0.2) is 0 Å². The zero-order valence-corrected chi connectivity index (χ0v) is 8.77. The van der Waals surface area contributed by atoms with Crippen molar-refractivity contribution in [3.63, 3.8) is 0 Å². The molecule has 15 heavy (non-hydrogen) atoms. The van der Waals surface area contributed by atoms with Crippen LogP contribution in [0, 0.1) is 11.3 Å². The van der Waals surface area contributed by atoms with Crippen LogP contribution in [-0.2, 0) is 4.74 Å². The maximum Gasteiger partial charge on any atom is 0.394 e. The fourth-order valence-electron chi connectivity index (χ4n) is 0.968. The Labute approximate surface area is 87.1 Å². The normalized spacial score (nSPS) is 9.47. The van der Waals surface area contributed by atoms with E-state index >= 15 is 0 Å². The van der Waals surface area contributed by atoms with Gasteiger partial charge >= 0.3 is 11.9 Å². The largest absolute Gasteiger partial charge is 0.459 e. The summed E-state index contributed by atoms with van der Waals surface area (Å²) in [5.41, 5.74) is 0.0723. The number of oxazole rings is 1. The van der Waals surface area contributed by atoms with Gasteiger partial charge < -0.3 is 14.1 Å². The molecular weight excluding hydrogens is 198 g/mol. The van der Waals surface area contributed by atoms with Crippen LogP contribution in [-0.4, -0.2) is 31.7 Å². The number of hydrogen-bond donors (Lipinski definition) is 0. The lowest BCUT2D eigenvalue weighted by atomic mass is 10.5. The summed E-state index contributed by atoms with van der Waals surface area (Å²) in [5.74, 6) is -0.611. The Kier molecular flexibility index (Phi) is 3.29. The first-order chi connectivity index (χ1) is 7.10. The predicted octanol–water partition coefficient (Wildman–Crippen LogP) is 0.789. The van der Waals surface area contributed by atoms with E-state index in [1.54, 1.807) is 25.9 Å². The molecule has 0 spiro atoms. The molecule has 6 heteroatoms. The highest BCUT2D eigenvalue weighted by atomic mass is 16.5. The van der Waals surface area contributed by atoms with Crippen LogP contribution < -0.4 is 4.90 Å². The van der Waals surface area contributed by atoms with E-state index in [0.717, 1.165) is 0 Å². The Morgan fingerprint density at radius 3 is 2.73 bits per heavy atom. The van der Waals surface area contributed by atoms with Gasteiger partial charge in [-0.2, -0.15) is 10.2 Å². The summed E-state index contributed by atoms with van der Waals surface area (Å²) in [7, 11) is 3.38. The van der Waals surface area contributed by atoms with Crippen molar-refractivity contribution in [1.82, 2.24) is 4.98 Å². The second-order valence-corrected chi connectivity index (χ2v) is 2.90. The van der Waals surface area contributed by atoms with Gasteiger partial charge in [-0.25, -0.2) is 4.79 Å². The highest BCUT2D eigenvalue weighted by molar-refractivity contribution is 5.85. The SMILES string of the molecule is CCOC(=O)c1nc(C#N)c(N(C)C)o1. The molecule has 0 radical (unpaired) electrons. The van der Waals surface area contributed by atoms with Crippen LogP contribution in [0.1, 0.15) is 23.3 Å². The van der Waals surface area contributed by atoms with Gasteiger partial charge in [0, 0.05) is 14.1 Å². The minimum atomic E-state index is -0.665. The summed E-state index contributed by atoms with van der Waals surface area (Å²) >= 11 is 0. The molecule has 0 aliphatic rings. The number of hydrogen-bond acceptors (Lipinski definition) is 6. The molecular formula is C9H11N3O3. The minimum Gasteiger partial charge on any atom is -0.459 e. The lowest BCUT2D eigenvalue weighted by molar-refractivity contribution is 0.0481. The summed E-state index contributed by atoms with van der Waals surface area (Å²) in [6.07, 6.45) is 0. The molecule has 0 aliphatic heterocycles. The molecule has 80 valence electrons. The number of aromatic nitrogens is 1. The monoisotopic (exact) mass is 209 g/mol. The van der Waals surface area contributed by atoms with E-state index in [-0.39, 0.29) is 24.1 Å². The summed E-state index contributed by atoms with van der Waals surface area (Å²) in [4.78, 5) is 16.5. The molecule has 0 bridgehead atoms. The van der Waals surface area contributed by atoms with E-state index in [0.29, 0.717) is 0 Å². The Balaban J connectivity index is 3.04. The number of nitriles is 1. The third-order valence-electron chi connectivity index (χ3n) is 1.57.